The third-order valence-corrected chi connectivity index (χ3v) is 3.58. The van der Waals surface area contributed by atoms with Gasteiger partial charge < -0.3 is 10.2 Å². The summed E-state index contributed by atoms with van der Waals surface area (Å²) in [4.78, 5) is 31.4. The van der Waals surface area contributed by atoms with E-state index in [0.29, 0.717) is 0 Å². The van der Waals surface area contributed by atoms with Gasteiger partial charge >= 0.3 is 5.69 Å². The summed E-state index contributed by atoms with van der Waals surface area (Å²) in [6, 6.07) is 0. The molecule has 2 rings (SSSR count). The highest BCUT2D eigenvalue weighted by Gasteiger charge is 2.22. The van der Waals surface area contributed by atoms with Crippen molar-refractivity contribution in [3.63, 3.8) is 0 Å². The molecule has 0 bridgehead atoms. The number of hydrogen-bond acceptors (Lipinski definition) is 6. The van der Waals surface area contributed by atoms with E-state index in [0.717, 1.165) is 38.7 Å². The Balaban J connectivity index is 1.90. The second-order valence-corrected chi connectivity index (χ2v) is 5.10. The summed E-state index contributed by atoms with van der Waals surface area (Å²) in [6.45, 7) is 1.85. The van der Waals surface area contributed by atoms with Gasteiger partial charge in [-0.1, -0.05) is 11.6 Å². The molecule has 0 spiro atoms. The Labute approximate surface area is 126 Å². The first-order valence-corrected chi connectivity index (χ1v) is 7.14. The van der Waals surface area contributed by atoms with Crippen LogP contribution >= 0.6 is 11.6 Å². The molecule has 1 aliphatic rings. The van der Waals surface area contributed by atoms with Crippen LogP contribution in [0, 0.1) is 10.1 Å². The molecule has 0 radical (unpaired) electrons. The lowest BCUT2D eigenvalue weighted by Gasteiger charge is -2.26. The van der Waals surface area contributed by atoms with Crippen molar-refractivity contribution < 1.29 is 9.72 Å². The molecule has 1 aromatic rings. The molecule has 0 saturated carbocycles. The molecular formula is C12H16ClN5O3. The molecule has 1 aromatic heterocycles. The minimum atomic E-state index is -0.642. The lowest BCUT2D eigenvalue weighted by atomic mass is 10.1. The van der Waals surface area contributed by atoms with Crippen LogP contribution in [0.15, 0.2) is 6.33 Å². The summed E-state index contributed by atoms with van der Waals surface area (Å²) >= 11 is 5.68. The molecule has 1 aliphatic heterocycles. The van der Waals surface area contributed by atoms with Crippen molar-refractivity contribution in [2.24, 2.45) is 0 Å². The predicted molar refractivity (Wildman–Crippen MR) is 77.2 cm³/mol. The summed E-state index contributed by atoms with van der Waals surface area (Å²) in [7, 11) is 0. The topological polar surface area (TPSA) is 101 Å². The summed E-state index contributed by atoms with van der Waals surface area (Å²) in [6.07, 6.45) is 4.63. The number of nitrogens with one attached hydrogen (secondary N) is 1. The van der Waals surface area contributed by atoms with Crippen LogP contribution in [0.5, 0.6) is 0 Å². The standard InChI is InChI=1S/C12H16ClN5O3/c13-11-10(18(20)21)12(16-8-15-11)14-5-4-9(19)17-6-2-1-3-7-17/h8H,1-7H2,(H,14,15,16). The molecule has 0 aliphatic carbocycles. The summed E-state index contributed by atoms with van der Waals surface area (Å²) in [5.41, 5.74) is -0.371. The lowest BCUT2D eigenvalue weighted by molar-refractivity contribution is -0.384. The molecule has 1 fully saturated rings. The highest BCUT2D eigenvalue weighted by Crippen LogP contribution is 2.28. The minimum Gasteiger partial charge on any atom is -0.364 e. The molecule has 21 heavy (non-hydrogen) atoms. The molecule has 0 atom stereocenters. The van der Waals surface area contributed by atoms with Crippen LogP contribution in [-0.2, 0) is 4.79 Å². The maximum absolute atomic E-state index is 12.0. The fourth-order valence-electron chi connectivity index (χ4n) is 2.24. The Bertz CT molecular complexity index is 534. The van der Waals surface area contributed by atoms with Crippen LogP contribution in [0.1, 0.15) is 25.7 Å². The number of carbonyl (C=O) groups excluding carboxylic acids is 1. The molecule has 0 unspecified atom stereocenters. The number of piperidine rings is 1. The molecule has 2 heterocycles. The van der Waals surface area contributed by atoms with Crippen molar-refractivity contribution in [1.29, 1.82) is 0 Å². The summed E-state index contributed by atoms with van der Waals surface area (Å²) < 4.78 is 0. The number of nitrogens with zero attached hydrogens (tertiary/aromatic N) is 4. The van der Waals surface area contributed by atoms with Gasteiger partial charge in [0.05, 0.1) is 4.92 Å². The first-order chi connectivity index (χ1) is 10.1. The smallest absolute Gasteiger partial charge is 0.348 e. The van der Waals surface area contributed by atoms with Crippen molar-refractivity contribution >= 4 is 29.0 Å². The maximum Gasteiger partial charge on any atom is 0.348 e. The van der Waals surface area contributed by atoms with Crippen molar-refractivity contribution in [3.8, 4) is 0 Å². The zero-order chi connectivity index (χ0) is 15.2. The van der Waals surface area contributed by atoms with E-state index in [4.69, 9.17) is 11.6 Å². The van der Waals surface area contributed by atoms with E-state index in [2.05, 4.69) is 15.3 Å². The van der Waals surface area contributed by atoms with Gasteiger partial charge in [-0.2, -0.15) is 0 Å². The van der Waals surface area contributed by atoms with Crippen LogP contribution in [-0.4, -0.2) is 45.3 Å². The highest BCUT2D eigenvalue weighted by molar-refractivity contribution is 6.31. The zero-order valence-corrected chi connectivity index (χ0v) is 12.2. The Morgan fingerprint density at radius 3 is 2.76 bits per heavy atom. The molecule has 1 saturated heterocycles. The van der Waals surface area contributed by atoms with Crippen LogP contribution < -0.4 is 5.32 Å². The zero-order valence-electron chi connectivity index (χ0n) is 11.4. The Morgan fingerprint density at radius 2 is 2.10 bits per heavy atom. The number of aromatic nitrogens is 2. The van der Waals surface area contributed by atoms with Gasteiger partial charge in [0.2, 0.25) is 16.9 Å². The second kappa shape index (κ2) is 7.16. The third-order valence-electron chi connectivity index (χ3n) is 3.30. The van der Waals surface area contributed by atoms with Crippen molar-refractivity contribution in [1.82, 2.24) is 14.9 Å². The van der Waals surface area contributed by atoms with E-state index in [1.165, 1.54) is 0 Å². The molecule has 114 valence electrons. The van der Waals surface area contributed by atoms with Crippen molar-refractivity contribution in [2.45, 2.75) is 25.7 Å². The normalized spacial score (nSPS) is 14.8. The quantitative estimate of drug-likeness (QED) is 0.505. The van der Waals surface area contributed by atoms with E-state index < -0.39 is 4.92 Å². The summed E-state index contributed by atoms with van der Waals surface area (Å²) in [5, 5.41) is 13.5. The molecule has 1 N–H and O–H groups in total. The number of hydrogen-bond donors (Lipinski definition) is 1. The van der Waals surface area contributed by atoms with Crippen LogP contribution in [0.25, 0.3) is 0 Å². The number of carbonyl (C=O) groups is 1. The fraction of sp³-hybridized carbons (Fsp3) is 0.583. The lowest BCUT2D eigenvalue weighted by Crippen LogP contribution is -2.36. The van der Waals surface area contributed by atoms with E-state index in [1.807, 2.05) is 4.90 Å². The number of nitro groups is 1. The van der Waals surface area contributed by atoms with Crippen LogP contribution in [0.3, 0.4) is 0 Å². The van der Waals surface area contributed by atoms with Crippen LogP contribution in [0.2, 0.25) is 5.15 Å². The van der Waals surface area contributed by atoms with Gasteiger partial charge in [-0.3, -0.25) is 14.9 Å². The SMILES string of the molecule is O=C(CCNc1ncnc(Cl)c1[N+](=O)[O-])N1CCCCC1. The average molecular weight is 314 g/mol. The predicted octanol–water partition coefficient (Wildman–Crippen LogP) is 1.85. The Kier molecular flexibility index (Phi) is 5.26. The van der Waals surface area contributed by atoms with Crippen molar-refractivity contribution in [3.05, 3.63) is 21.6 Å². The molecule has 9 heteroatoms. The first kappa shape index (κ1) is 15.4. The van der Waals surface area contributed by atoms with Gasteiger partial charge in [0.15, 0.2) is 0 Å². The minimum absolute atomic E-state index is 0.0337. The Morgan fingerprint density at radius 1 is 1.38 bits per heavy atom. The van der Waals surface area contributed by atoms with E-state index in [9.17, 15) is 14.9 Å². The first-order valence-electron chi connectivity index (χ1n) is 6.76. The summed E-state index contributed by atoms with van der Waals surface area (Å²) in [5.74, 6) is 0.0800. The van der Waals surface area contributed by atoms with E-state index in [1.54, 1.807) is 0 Å². The average Bonchev–Trinajstić information content (AvgIpc) is 2.47. The van der Waals surface area contributed by atoms with E-state index in [-0.39, 0.29) is 35.5 Å². The second-order valence-electron chi connectivity index (χ2n) is 4.74. The largest absolute Gasteiger partial charge is 0.364 e. The van der Waals surface area contributed by atoms with Crippen LogP contribution in [0.4, 0.5) is 11.5 Å². The molecular weight excluding hydrogens is 298 g/mol. The fourth-order valence-corrected chi connectivity index (χ4v) is 2.44. The number of anilines is 1. The van der Waals surface area contributed by atoms with Gasteiger partial charge in [-0.15, -0.1) is 0 Å². The molecule has 8 nitrogen and oxygen atoms in total. The third kappa shape index (κ3) is 4.01. The molecule has 1 amide bonds. The molecule has 0 aromatic carbocycles. The maximum atomic E-state index is 12.0. The van der Waals surface area contributed by atoms with Crippen molar-refractivity contribution in [2.75, 3.05) is 25.0 Å². The van der Waals surface area contributed by atoms with E-state index >= 15 is 0 Å². The van der Waals surface area contributed by atoms with Gasteiger partial charge in [0.25, 0.3) is 0 Å². The number of rotatable bonds is 5. The van der Waals surface area contributed by atoms with Gasteiger partial charge in [0, 0.05) is 26.1 Å². The monoisotopic (exact) mass is 313 g/mol. The Hall–Kier alpha value is -1.96. The van der Waals surface area contributed by atoms with Gasteiger partial charge in [0.1, 0.15) is 6.33 Å². The number of likely N-dealkylation sites (tertiary alicyclic amines) is 1. The highest BCUT2D eigenvalue weighted by atomic mass is 35.5. The number of halogens is 1. The van der Waals surface area contributed by atoms with Gasteiger partial charge in [-0.05, 0) is 19.3 Å². The van der Waals surface area contributed by atoms with Gasteiger partial charge in [-0.25, -0.2) is 9.97 Å². The number of amides is 1.